The minimum Gasteiger partial charge on any atom is -0.371 e. The molecule has 126 valence electrons. The van der Waals surface area contributed by atoms with Crippen LogP contribution >= 0.6 is 0 Å². The van der Waals surface area contributed by atoms with Crippen molar-refractivity contribution in [3.63, 3.8) is 0 Å². The number of carbonyl (C=O) groups excluding carboxylic acids is 3. The van der Waals surface area contributed by atoms with E-state index in [1.807, 2.05) is 24.3 Å². The Labute approximate surface area is 144 Å². The molecule has 1 unspecified atom stereocenters. The lowest BCUT2D eigenvalue weighted by molar-refractivity contribution is -0.134. The molecule has 3 amide bonds. The molecule has 2 aromatic rings. The molecule has 0 saturated carbocycles. The molecule has 3 aliphatic heterocycles. The second kappa shape index (κ2) is 5.05. The Morgan fingerprint density at radius 1 is 1.08 bits per heavy atom. The molecule has 2 aromatic carbocycles. The molecule has 0 aromatic heterocycles. The van der Waals surface area contributed by atoms with Gasteiger partial charge in [-0.2, -0.15) is 0 Å². The molecule has 0 aliphatic carbocycles. The predicted octanol–water partition coefficient (Wildman–Crippen LogP) is 1.82. The first-order valence-corrected chi connectivity index (χ1v) is 8.62. The zero-order chi connectivity index (χ0) is 17.1. The average Bonchev–Trinajstić information content (AvgIpc) is 2.81. The summed E-state index contributed by atoms with van der Waals surface area (Å²) in [6, 6.07) is 9.23. The number of amides is 3. The lowest BCUT2D eigenvalue weighted by atomic mass is 10.0. The summed E-state index contributed by atoms with van der Waals surface area (Å²) in [5.41, 5.74) is 2.48. The van der Waals surface area contributed by atoms with Crippen LogP contribution in [0.1, 0.15) is 29.6 Å². The standard InChI is InChI=1S/C19H17N3O3/c23-16-6-5-15(18(24)20-16)22-14-4-1-3-11-9-12(21-7-2-8-21)10-13(17(11)14)19(22)25/h1,3-4,9-10,15H,2,5-8H2,(H,20,23,24). The van der Waals surface area contributed by atoms with Crippen molar-refractivity contribution in [3.05, 3.63) is 35.9 Å². The van der Waals surface area contributed by atoms with E-state index in [2.05, 4.69) is 16.3 Å². The van der Waals surface area contributed by atoms with Crippen LogP contribution in [0.15, 0.2) is 30.3 Å². The molecular formula is C19H17N3O3. The number of anilines is 2. The Morgan fingerprint density at radius 2 is 1.92 bits per heavy atom. The molecule has 1 atom stereocenters. The fraction of sp³-hybridized carbons (Fsp3) is 0.316. The highest BCUT2D eigenvalue weighted by Crippen LogP contribution is 2.42. The third-order valence-corrected chi connectivity index (χ3v) is 5.39. The maximum absolute atomic E-state index is 13.1. The molecule has 0 radical (unpaired) electrons. The van der Waals surface area contributed by atoms with Crippen molar-refractivity contribution >= 4 is 39.9 Å². The fourth-order valence-corrected chi connectivity index (χ4v) is 4.00. The van der Waals surface area contributed by atoms with Crippen LogP contribution in [0.3, 0.4) is 0 Å². The van der Waals surface area contributed by atoms with Crippen molar-refractivity contribution in [2.24, 2.45) is 0 Å². The number of nitrogens with zero attached hydrogens (tertiary/aromatic N) is 2. The van der Waals surface area contributed by atoms with Crippen molar-refractivity contribution in [1.82, 2.24) is 5.32 Å². The summed E-state index contributed by atoms with van der Waals surface area (Å²) in [6.45, 7) is 2.02. The molecule has 3 aliphatic rings. The lowest BCUT2D eigenvalue weighted by Crippen LogP contribution is -2.53. The molecule has 6 nitrogen and oxygen atoms in total. The number of benzene rings is 2. The van der Waals surface area contributed by atoms with E-state index in [1.165, 1.54) is 6.42 Å². The van der Waals surface area contributed by atoms with Gasteiger partial charge in [0, 0.05) is 30.6 Å². The summed E-state index contributed by atoms with van der Waals surface area (Å²) < 4.78 is 0. The van der Waals surface area contributed by atoms with Gasteiger partial charge in [-0.15, -0.1) is 0 Å². The first kappa shape index (κ1) is 14.5. The fourth-order valence-electron chi connectivity index (χ4n) is 4.00. The summed E-state index contributed by atoms with van der Waals surface area (Å²) in [5.74, 6) is -0.816. The Kier molecular flexibility index (Phi) is 2.92. The Hall–Kier alpha value is -2.89. The number of nitrogens with one attached hydrogen (secondary N) is 1. The highest BCUT2D eigenvalue weighted by molar-refractivity contribution is 6.27. The SMILES string of the molecule is O=C1CCC(N2C(=O)c3cc(N4CCC4)cc4cccc2c34)C(=O)N1. The van der Waals surface area contributed by atoms with Crippen LogP contribution in [-0.2, 0) is 9.59 Å². The number of hydrogen-bond acceptors (Lipinski definition) is 4. The van der Waals surface area contributed by atoms with Crippen LogP contribution < -0.4 is 15.1 Å². The molecule has 2 saturated heterocycles. The van der Waals surface area contributed by atoms with E-state index in [-0.39, 0.29) is 18.2 Å². The molecule has 1 N–H and O–H groups in total. The van der Waals surface area contributed by atoms with E-state index >= 15 is 0 Å². The van der Waals surface area contributed by atoms with Crippen LogP contribution in [0.25, 0.3) is 10.8 Å². The Balaban J connectivity index is 1.63. The van der Waals surface area contributed by atoms with Crippen LogP contribution in [0.5, 0.6) is 0 Å². The van der Waals surface area contributed by atoms with Gasteiger partial charge in [0.1, 0.15) is 6.04 Å². The molecule has 0 bridgehead atoms. The molecule has 0 spiro atoms. The molecule has 2 fully saturated rings. The van der Waals surface area contributed by atoms with Gasteiger partial charge in [0.05, 0.1) is 11.3 Å². The van der Waals surface area contributed by atoms with Gasteiger partial charge in [0.2, 0.25) is 11.8 Å². The van der Waals surface area contributed by atoms with Gasteiger partial charge < -0.3 is 4.90 Å². The van der Waals surface area contributed by atoms with E-state index in [1.54, 1.807) is 4.90 Å². The van der Waals surface area contributed by atoms with E-state index in [0.29, 0.717) is 12.0 Å². The van der Waals surface area contributed by atoms with Gasteiger partial charge in [-0.05, 0) is 36.4 Å². The van der Waals surface area contributed by atoms with Crippen LogP contribution in [0, 0.1) is 0 Å². The molecule has 25 heavy (non-hydrogen) atoms. The van der Waals surface area contributed by atoms with E-state index in [9.17, 15) is 14.4 Å². The number of imide groups is 1. The summed E-state index contributed by atoms with van der Waals surface area (Å²) in [5, 5.41) is 4.27. The van der Waals surface area contributed by atoms with E-state index in [0.717, 1.165) is 35.2 Å². The number of hydrogen-bond donors (Lipinski definition) is 1. The second-order valence-electron chi connectivity index (χ2n) is 6.85. The van der Waals surface area contributed by atoms with Gasteiger partial charge in [-0.1, -0.05) is 12.1 Å². The van der Waals surface area contributed by atoms with Crippen LogP contribution in [0.4, 0.5) is 11.4 Å². The molecular weight excluding hydrogens is 318 g/mol. The van der Waals surface area contributed by atoms with Gasteiger partial charge in [0.25, 0.3) is 5.91 Å². The maximum atomic E-state index is 13.1. The van der Waals surface area contributed by atoms with Gasteiger partial charge in [-0.25, -0.2) is 0 Å². The van der Waals surface area contributed by atoms with Crippen molar-refractivity contribution in [2.45, 2.75) is 25.3 Å². The van der Waals surface area contributed by atoms with Gasteiger partial charge in [0.15, 0.2) is 0 Å². The normalized spacial score (nSPS) is 22.4. The van der Waals surface area contributed by atoms with Crippen molar-refractivity contribution in [2.75, 3.05) is 22.9 Å². The third kappa shape index (κ3) is 2.00. The minimum atomic E-state index is -0.629. The van der Waals surface area contributed by atoms with Crippen LogP contribution in [0.2, 0.25) is 0 Å². The summed E-state index contributed by atoms with van der Waals surface area (Å²) >= 11 is 0. The monoisotopic (exact) mass is 335 g/mol. The van der Waals surface area contributed by atoms with Crippen LogP contribution in [-0.4, -0.2) is 36.9 Å². The highest BCUT2D eigenvalue weighted by Gasteiger charge is 2.41. The number of rotatable bonds is 2. The Bertz CT molecular complexity index is 948. The highest BCUT2D eigenvalue weighted by atomic mass is 16.2. The van der Waals surface area contributed by atoms with Gasteiger partial charge in [-0.3, -0.25) is 24.6 Å². The molecule has 3 heterocycles. The minimum absolute atomic E-state index is 0.150. The first-order chi connectivity index (χ1) is 12.1. The average molecular weight is 335 g/mol. The molecule has 6 heteroatoms. The zero-order valence-electron chi connectivity index (χ0n) is 13.6. The topological polar surface area (TPSA) is 69.7 Å². The van der Waals surface area contributed by atoms with E-state index < -0.39 is 11.9 Å². The summed E-state index contributed by atoms with van der Waals surface area (Å²) in [7, 11) is 0. The quantitative estimate of drug-likeness (QED) is 0.850. The van der Waals surface area contributed by atoms with Crippen molar-refractivity contribution in [1.29, 1.82) is 0 Å². The summed E-state index contributed by atoms with van der Waals surface area (Å²) in [6.07, 6.45) is 1.79. The smallest absolute Gasteiger partial charge is 0.259 e. The van der Waals surface area contributed by atoms with Crippen molar-refractivity contribution < 1.29 is 14.4 Å². The van der Waals surface area contributed by atoms with E-state index in [4.69, 9.17) is 0 Å². The van der Waals surface area contributed by atoms with Crippen molar-refractivity contribution in [3.8, 4) is 0 Å². The third-order valence-electron chi connectivity index (χ3n) is 5.39. The maximum Gasteiger partial charge on any atom is 0.259 e. The Morgan fingerprint density at radius 3 is 2.64 bits per heavy atom. The number of carbonyl (C=O) groups is 3. The lowest BCUT2D eigenvalue weighted by Gasteiger charge is -2.33. The summed E-state index contributed by atoms with van der Waals surface area (Å²) in [4.78, 5) is 40.7. The predicted molar refractivity (Wildman–Crippen MR) is 93.8 cm³/mol. The molecule has 5 rings (SSSR count). The van der Waals surface area contributed by atoms with Gasteiger partial charge >= 0.3 is 0 Å². The second-order valence-corrected chi connectivity index (χ2v) is 6.85. The number of piperidine rings is 1. The largest absolute Gasteiger partial charge is 0.371 e. The first-order valence-electron chi connectivity index (χ1n) is 8.62. The zero-order valence-corrected chi connectivity index (χ0v) is 13.6.